The summed E-state index contributed by atoms with van der Waals surface area (Å²) in [6, 6.07) is 11.7. The van der Waals surface area contributed by atoms with E-state index in [1.165, 1.54) is 31.0 Å². The van der Waals surface area contributed by atoms with Crippen molar-refractivity contribution in [3.8, 4) is 0 Å². The molecule has 0 fully saturated rings. The molecule has 0 aromatic heterocycles. The maximum atomic E-state index is 11.8. The number of ether oxygens (including phenoxy) is 1. The number of benzene rings is 2. The average Bonchev–Trinajstić information content (AvgIpc) is 2.48. The third-order valence-corrected chi connectivity index (χ3v) is 5.41. The summed E-state index contributed by atoms with van der Waals surface area (Å²) in [5, 5.41) is 5.25. The molecule has 0 saturated heterocycles. The second-order valence-electron chi connectivity index (χ2n) is 4.25. The lowest BCUT2D eigenvalue weighted by Gasteiger charge is -2.09. The Balaban J connectivity index is 2.46. The first-order valence-corrected chi connectivity index (χ1v) is 9.15. The molecule has 2 N–H and O–H groups in total. The molecule has 0 bridgehead atoms. The van der Waals surface area contributed by atoms with Gasteiger partial charge in [-0.3, -0.25) is 0 Å². The first-order chi connectivity index (χ1) is 10.3. The molecule has 5 nitrogen and oxygen atoms in total. The van der Waals surface area contributed by atoms with Crippen LogP contribution in [0, 0.1) is 0 Å². The molecule has 116 valence electrons. The molecule has 2 aromatic carbocycles. The van der Waals surface area contributed by atoms with Crippen LogP contribution >= 0.6 is 27.7 Å². The molecule has 0 spiro atoms. The van der Waals surface area contributed by atoms with E-state index in [0.717, 1.165) is 9.37 Å². The van der Waals surface area contributed by atoms with Gasteiger partial charge < -0.3 is 4.74 Å². The fourth-order valence-electron chi connectivity index (χ4n) is 1.69. The quantitative estimate of drug-likeness (QED) is 0.795. The largest absolute Gasteiger partial charge is 0.465 e. The first kappa shape index (κ1) is 17.0. The molecule has 0 saturated carbocycles. The monoisotopic (exact) mass is 401 g/mol. The van der Waals surface area contributed by atoms with Gasteiger partial charge in [0.2, 0.25) is 10.0 Å². The van der Waals surface area contributed by atoms with E-state index < -0.39 is 16.0 Å². The molecule has 22 heavy (non-hydrogen) atoms. The van der Waals surface area contributed by atoms with E-state index in [2.05, 4.69) is 20.7 Å². The van der Waals surface area contributed by atoms with Gasteiger partial charge in [-0.1, -0.05) is 27.7 Å². The number of hydrogen-bond donors (Lipinski definition) is 1. The van der Waals surface area contributed by atoms with Crippen LogP contribution in [0.15, 0.2) is 61.6 Å². The number of carbonyl (C=O) groups excluding carboxylic acids is 1. The number of primary sulfonamides is 1. The van der Waals surface area contributed by atoms with Gasteiger partial charge in [0, 0.05) is 14.3 Å². The van der Waals surface area contributed by atoms with E-state index in [0.29, 0.717) is 4.90 Å². The van der Waals surface area contributed by atoms with E-state index in [-0.39, 0.29) is 10.5 Å². The van der Waals surface area contributed by atoms with Gasteiger partial charge in [0.25, 0.3) is 0 Å². The topological polar surface area (TPSA) is 86.5 Å². The summed E-state index contributed by atoms with van der Waals surface area (Å²) in [5.41, 5.74) is 0.131. The first-order valence-electron chi connectivity index (χ1n) is 6.00. The summed E-state index contributed by atoms with van der Waals surface area (Å²) in [4.78, 5) is 12.7. The normalized spacial score (nSPS) is 11.2. The van der Waals surface area contributed by atoms with E-state index >= 15 is 0 Å². The molecule has 2 rings (SSSR count). The van der Waals surface area contributed by atoms with Crippen LogP contribution in [0.4, 0.5) is 0 Å². The van der Waals surface area contributed by atoms with Crippen LogP contribution in [0.1, 0.15) is 10.4 Å². The van der Waals surface area contributed by atoms with E-state index in [9.17, 15) is 13.2 Å². The fourth-order valence-corrected chi connectivity index (χ4v) is 3.89. The number of carbonyl (C=O) groups is 1. The summed E-state index contributed by atoms with van der Waals surface area (Å²) in [5.74, 6) is -0.620. The number of sulfonamides is 1. The summed E-state index contributed by atoms with van der Waals surface area (Å²) >= 11 is 4.58. The molecule has 0 atom stereocenters. The summed E-state index contributed by atoms with van der Waals surface area (Å²) in [7, 11) is -2.74. The Bertz CT molecular complexity index is 804. The Morgan fingerprint density at radius 1 is 1.18 bits per heavy atom. The van der Waals surface area contributed by atoms with Gasteiger partial charge >= 0.3 is 5.97 Å². The van der Waals surface area contributed by atoms with Crippen LogP contribution in [0.2, 0.25) is 0 Å². The van der Waals surface area contributed by atoms with Crippen molar-refractivity contribution in [1.29, 1.82) is 0 Å². The van der Waals surface area contributed by atoms with Crippen LogP contribution in [-0.2, 0) is 14.8 Å². The number of halogens is 1. The second kappa shape index (κ2) is 6.82. The van der Waals surface area contributed by atoms with Crippen molar-refractivity contribution in [2.75, 3.05) is 7.11 Å². The number of methoxy groups -OCH3 is 1. The molecule has 0 radical (unpaired) electrons. The van der Waals surface area contributed by atoms with Crippen molar-refractivity contribution in [1.82, 2.24) is 0 Å². The van der Waals surface area contributed by atoms with Crippen molar-refractivity contribution < 1.29 is 17.9 Å². The summed E-state index contributed by atoms with van der Waals surface area (Å²) in [6.07, 6.45) is 0. The zero-order chi connectivity index (χ0) is 16.3. The zero-order valence-electron chi connectivity index (χ0n) is 11.4. The maximum absolute atomic E-state index is 11.8. The van der Waals surface area contributed by atoms with Crippen LogP contribution in [0.5, 0.6) is 0 Å². The van der Waals surface area contributed by atoms with Gasteiger partial charge in [0.1, 0.15) is 0 Å². The van der Waals surface area contributed by atoms with Crippen LogP contribution in [0.25, 0.3) is 0 Å². The molecule has 0 unspecified atom stereocenters. The lowest BCUT2D eigenvalue weighted by molar-refractivity contribution is 0.0600. The molecule has 0 amide bonds. The Morgan fingerprint density at radius 2 is 1.82 bits per heavy atom. The Hall–Kier alpha value is -1.35. The molecule has 2 aromatic rings. The summed E-state index contributed by atoms with van der Waals surface area (Å²) < 4.78 is 29.0. The smallest absolute Gasteiger partial charge is 0.337 e. The number of hydrogen-bond acceptors (Lipinski definition) is 5. The van der Waals surface area contributed by atoms with Gasteiger partial charge in [-0.25, -0.2) is 18.4 Å². The third-order valence-electron chi connectivity index (χ3n) is 2.71. The van der Waals surface area contributed by atoms with Crippen molar-refractivity contribution in [3.63, 3.8) is 0 Å². The van der Waals surface area contributed by atoms with E-state index in [1.807, 2.05) is 24.3 Å². The highest BCUT2D eigenvalue weighted by Crippen LogP contribution is 2.33. The Labute approximate surface area is 141 Å². The standard InChI is InChI=1S/C14H12BrNO4S2/c1-20-14(17)9-2-7-12(13(8-9)22(16,18)19)21-11-5-3-10(15)4-6-11/h2-8H,1H3,(H2,16,18,19). The van der Waals surface area contributed by atoms with Crippen molar-refractivity contribution in [2.45, 2.75) is 14.7 Å². The van der Waals surface area contributed by atoms with Crippen LogP contribution in [-0.4, -0.2) is 21.5 Å². The minimum Gasteiger partial charge on any atom is -0.465 e. The van der Waals surface area contributed by atoms with Crippen molar-refractivity contribution in [3.05, 3.63) is 52.5 Å². The van der Waals surface area contributed by atoms with Gasteiger partial charge in [-0.05, 0) is 42.5 Å². The zero-order valence-corrected chi connectivity index (χ0v) is 14.7. The van der Waals surface area contributed by atoms with E-state index in [1.54, 1.807) is 6.07 Å². The predicted octanol–water partition coefficient (Wildman–Crippen LogP) is 3.03. The molecular formula is C14H12BrNO4S2. The molecule has 0 aliphatic carbocycles. The molecule has 0 aliphatic heterocycles. The van der Waals surface area contributed by atoms with Gasteiger partial charge in [0.15, 0.2) is 0 Å². The van der Waals surface area contributed by atoms with Gasteiger partial charge in [-0.2, -0.15) is 0 Å². The molecular weight excluding hydrogens is 390 g/mol. The molecule has 8 heteroatoms. The molecule has 0 heterocycles. The minimum absolute atomic E-state index is 0.108. The number of rotatable bonds is 4. The van der Waals surface area contributed by atoms with E-state index in [4.69, 9.17) is 5.14 Å². The maximum Gasteiger partial charge on any atom is 0.337 e. The SMILES string of the molecule is COC(=O)c1ccc(Sc2ccc(Br)cc2)c(S(N)(=O)=O)c1. The molecule has 0 aliphatic rings. The van der Waals surface area contributed by atoms with Crippen LogP contribution in [0.3, 0.4) is 0 Å². The highest BCUT2D eigenvalue weighted by molar-refractivity contribution is 9.10. The lowest BCUT2D eigenvalue weighted by Crippen LogP contribution is -2.14. The number of esters is 1. The predicted molar refractivity (Wildman–Crippen MR) is 87.4 cm³/mol. The summed E-state index contributed by atoms with van der Waals surface area (Å²) in [6.45, 7) is 0. The highest BCUT2D eigenvalue weighted by atomic mass is 79.9. The van der Waals surface area contributed by atoms with Crippen LogP contribution < -0.4 is 5.14 Å². The minimum atomic E-state index is -3.96. The fraction of sp³-hybridized carbons (Fsp3) is 0.0714. The third kappa shape index (κ3) is 4.10. The van der Waals surface area contributed by atoms with Crippen molar-refractivity contribution in [2.24, 2.45) is 5.14 Å². The Morgan fingerprint density at radius 3 is 2.36 bits per heavy atom. The van der Waals surface area contributed by atoms with Crippen molar-refractivity contribution >= 4 is 43.7 Å². The number of nitrogens with two attached hydrogens (primary N) is 1. The lowest BCUT2D eigenvalue weighted by atomic mass is 10.2. The Kier molecular flexibility index (Phi) is 5.28. The van der Waals surface area contributed by atoms with Gasteiger partial charge in [0.05, 0.1) is 17.6 Å². The highest BCUT2D eigenvalue weighted by Gasteiger charge is 2.18. The second-order valence-corrected chi connectivity index (χ2v) is 7.81. The average molecular weight is 402 g/mol. The van der Waals surface area contributed by atoms with Gasteiger partial charge in [-0.15, -0.1) is 0 Å².